The molecule has 1 N–H and O–H groups in total. The SMILES string of the molecule is CC(C)c1cccc(CNCC2C3CC4CC(C3)CC2C4)c1. The standard InChI is InChI=1S/C21H31N/c1-14(2)18-5-3-4-15(7-18)12-22-13-21-19-8-16-6-17(10-19)11-20(21)9-16/h3-5,7,14,16-17,19-22H,6,8-13H2,1-2H3. The van der Waals surface area contributed by atoms with E-state index in [2.05, 4.69) is 43.4 Å². The first-order chi connectivity index (χ1) is 10.7. The molecule has 4 saturated carbocycles. The minimum absolute atomic E-state index is 0.629. The molecule has 1 nitrogen and oxygen atoms in total. The summed E-state index contributed by atoms with van der Waals surface area (Å²) in [4.78, 5) is 0. The fourth-order valence-corrected chi connectivity index (χ4v) is 5.82. The van der Waals surface area contributed by atoms with Gasteiger partial charge in [0.15, 0.2) is 0 Å². The molecule has 0 radical (unpaired) electrons. The van der Waals surface area contributed by atoms with Crippen LogP contribution in [0.15, 0.2) is 24.3 Å². The Morgan fingerprint density at radius 3 is 2.32 bits per heavy atom. The highest BCUT2D eigenvalue weighted by molar-refractivity contribution is 5.25. The molecule has 1 aromatic rings. The second-order valence-corrected chi connectivity index (χ2v) is 8.63. The van der Waals surface area contributed by atoms with Crippen molar-refractivity contribution in [3.63, 3.8) is 0 Å². The van der Waals surface area contributed by atoms with E-state index in [1.54, 1.807) is 32.1 Å². The number of rotatable bonds is 5. The van der Waals surface area contributed by atoms with Crippen LogP contribution in [0.3, 0.4) is 0 Å². The van der Waals surface area contributed by atoms with E-state index in [1.165, 1.54) is 17.7 Å². The van der Waals surface area contributed by atoms with Crippen molar-refractivity contribution in [1.29, 1.82) is 0 Å². The average molecular weight is 297 g/mol. The molecule has 0 atom stereocenters. The lowest BCUT2D eigenvalue weighted by Gasteiger charge is -2.54. The smallest absolute Gasteiger partial charge is 0.0205 e. The van der Waals surface area contributed by atoms with Crippen molar-refractivity contribution in [2.75, 3.05) is 6.54 Å². The topological polar surface area (TPSA) is 12.0 Å². The van der Waals surface area contributed by atoms with Crippen molar-refractivity contribution >= 4 is 0 Å². The van der Waals surface area contributed by atoms with Gasteiger partial charge >= 0.3 is 0 Å². The van der Waals surface area contributed by atoms with Crippen LogP contribution in [0.4, 0.5) is 0 Å². The highest BCUT2D eigenvalue weighted by Gasteiger charge is 2.47. The Bertz CT molecular complexity index is 490. The van der Waals surface area contributed by atoms with Gasteiger partial charge in [-0.15, -0.1) is 0 Å². The Hall–Kier alpha value is -0.820. The summed E-state index contributed by atoms with van der Waals surface area (Å²) < 4.78 is 0. The molecule has 120 valence electrons. The third-order valence-corrected chi connectivity index (χ3v) is 6.75. The quantitative estimate of drug-likeness (QED) is 0.809. The lowest BCUT2D eigenvalue weighted by Crippen LogP contribution is -2.48. The molecule has 0 spiro atoms. The Morgan fingerprint density at radius 2 is 1.68 bits per heavy atom. The monoisotopic (exact) mass is 297 g/mol. The maximum Gasteiger partial charge on any atom is 0.0205 e. The second kappa shape index (κ2) is 6.00. The van der Waals surface area contributed by atoms with E-state index in [0.717, 1.165) is 36.1 Å². The zero-order valence-corrected chi connectivity index (χ0v) is 14.2. The third kappa shape index (κ3) is 2.85. The average Bonchev–Trinajstić information content (AvgIpc) is 2.49. The minimum Gasteiger partial charge on any atom is -0.312 e. The van der Waals surface area contributed by atoms with Crippen LogP contribution in [0.25, 0.3) is 0 Å². The highest BCUT2D eigenvalue weighted by Crippen LogP contribution is 2.56. The predicted molar refractivity (Wildman–Crippen MR) is 92.8 cm³/mol. The van der Waals surface area contributed by atoms with Crippen LogP contribution in [0.1, 0.15) is 63.0 Å². The summed E-state index contributed by atoms with van der Waals surface area (Å²) in [6, 6.07) is 9.13. The molecule has 5 rings (SSSR count). The molecule has 4 aliphatic rings. The summed E-state index contributed by atoms with van der Waals surface area (Å²) in [5, 5.41) is 3.80. The second-order valence-electron chi connectivity index (χ2n) is 8.63. The summed E-state index contributed by atoms with van der Waals surface area (Å²) >= 11 is 0. The molecular formula is C21H31N. The van der Waals surface area contributed by atoms with Crippen LogP contribution >= 0.6 is 0 Å². The summed E-state index contributed by atoms with van der Waals surface area (Å²) in [6.07, 6.45) is 7.74. The summed E-state index contributed by atoms with van der Waals surface area (Å²) in [5.74, 6) is 5.89. The van der Waals surface area contributed by atoms with E-state index in [1.807, 2.05) is 0 Å². The van der Waals surface area contributed by atoms with Gasteiger partial charge in [-0.25, -0.2) is 0 Å². The number of hydrogen-bond donors (Lipinski definition) is 1. The molecular weight excluding hydrogens is 266 g/mol. The van der Waals surface area contributed by atoms with Gasteiger partial charge in [0.05, 0.1) is 0 Å². The normalized spacial score (nSPS) is 36.2. The largest absolute Gasteiger partial charge is 0.312 e. The predicted octanol–water partition coefficient (Wildman–Crippen LogP) is 4.97. The molecule has 4 fully saturated rings. The Morgan fingerprint density at radius 1 is 1.00 bits per heavy atom. The van der Waals surface area contributed by atoms with Crippen molar-refractivity contribution in [3.8, 4) is 0 Å². The zero-order chi connectivity index (χ0) is 15.1. The van der Waals surface area contributed by atoms with E-state index in [9.17, 15) is 0 Å². The van der Waals surface area contributed by atoms with Gasteiger partial charge in [0.2, 0.25) is 0 Å². The number of benzene rings is 1. The molecule has 4 aliphatic carbocycles. The van der Waals surface area contributed by atoms with E-state index in [4.69, 9.17) is 0 Å². The van der Waals surface area contributed by atoms with Crippen LogP contribution in [-0.2, 0) is 6.54 Å². The maximum atomic E-state index is 3.80. The first-order valence-electron chi connectivity index (χ1n) is 9.48. The Labute approximate surface area is 135 Å². The molecule has 1 heteroatoms. The Kier molecular flexibility index (Phi) is 4.02. The van der Waals surface area contributed by atoms with Crippen molar-refractivity contribution in [2.45, 2.75) is 58.4 Å². The van der Waals surface area contributed by atoms with Crippen molar-refractivity contribution in [1.82, 2.24) is 5.32 Å². The van der Waals surface area contributed by atoms with Crippen LogP contribution in [0.5, 0.6) is 0 Å². The van der Waals surface area contributed by atoms with Crippen molar-refractivity contribution < 1.29 is 0 Å². The summed E-state index contributed by atoms with van der Waals surface area (Å²) in [6.45, 7) is 6.85. The first kappa shape index (κ1) is 14.8. The van der Waals surface area contributed by atoms with Crippen LogP contribution in [0.2, 0.25) is 0 Å². The molecule has 0 aromatic heterocycles. The fourth-order valence-electron chi connectivity index (χ4n) is 5.82. The van der Waals surface area contributed by atoms with Gasteiger partial charge in [0.25, 0.3) is 0 Å². The van der Waals surface area contributed by atoms with Gasteiger partial charge in [-0.1, -0.05) is 38.1 Å². The third-order valence-electron chi connectivity index (χ3n) is 6.75. The lowest BCUT2D eigenvalue weighted by molar-refractivity contribution is -0.0355. The number of nitrogens with one attached hydrogen (secondary N) is 1. The van der Waals surface area contributed by atoms with Gasteiger partial charge in [0, 0.05) is 6.54 Å². The van der Waals surface area contributed by atoms with Gasteiger partial charge in [-0.2, -0.15) is 0 Å². The number of hydrogen-bond acceptors (Lipinski definition) is 1. The zero-order valence-electron chi connectivity index (χ0n) is 14.2. The molecule has 0 heterocycles. The lowest BCUT2D eigenvalue weighted by atomic mass is 9.52. The Balaban J connectivity index is 1.33. The van der Waals surface area contributed by atoms with E-state index < -0.39 is 0 Å². The van der Waals surface area contributed by atoms with Crippen LogP contribution in [-0.4, -0.2) is 6.54 Å². The van der Waals surface area contributed by atoms with E-state index in [-0.39, 0.29) is 0 Å². The van der Waals surface area contributed by atoms with Crippen molar-refractivity contribution in [2.24, 2.45) is 29.6 Å². The van der Waals surface area contributed by atoms with Gasteiger partial charge in [0.1, 0.15) is 0 Å². The maximum absolute atomic E-state index is 3.80. The molecule has 4 bridgehead atoms. The molecule has 22 heavy (non-hydrogen) atoms. The van der Waals surface area contributed by atoms with Crippen LogP contribution < -0.4 is 5.32 Å². The minimum atomic E-state index is 0.629. The van der Waals surface area contributed by atoms with E-state index in [0.29, 0.717) is 5.92 Å². The van der Waals surface area contributed by atoms with Gasteiger partial charge < -0.3 is 5.32 Å². The van der Waals surface area contributed by atoms with Gasteiger partial charge in [-0.3, -0.25) is 0 Å². The molecule has 1 aromatic carbocycles. The molecule has 0 amide bonds. The molecule has 0 aliphatic heterocycles. The fraction of sp³-hybridized carbons (Fsp3) is 0.714. The molecule has 0 unspecified atom stereocenters. The summed E-state index contributed by atoms with van der Waals surface area (Å²) in [7, 11) is 0. The highest BCUT2D eigenvalue weighted by atomic mass is 14.9. The van der Waals surface area contributed by atoms with E-state index >= 15 is 0 Å². The van der Waals surface area contributed by atoms with Crippen LogP contribution in [0, 0.1) is 29.6 Å². The van der Waals surface area contributed by atoms with Gasteiger partial charge in [-0.05, 0) is 85.3 Å². The first-order valence-corrected chi connectivity index (χ1v) is 9.48. The summed E-state index contributed by atoms with van der Waals surface area (Å²) in [5.41, 5.74) is 2.92. The van der Waals surface area contributed by atoms with Crippen molar-refractivity contribution in [3.05, 3.63) is 35.4 Å². The molecule has 0 saturated heterocycles.